The number of carbonyl (C=O) groups excluding carboxylic acids is 1. The van der Waals surface area contributed by atoms with E-state index in [1.165, 1.54) is 24.3 Å². The highest BCUT2D eigenvalue weighted by Crippen LogP contribution is 2.29. The molecule has 0 unspecified atom stereocenters. The average Bonchev–Trinajstić information content (AvgIpc) is 2.48. The molecule has 0 aliphatic carbocycles. The molecule has 0 heterocycles. The summed E-state index contributed by atoms with van der Waals surface area (Å²) in [6.45, 7) is -0.264. The molecule has 5 nitrogen and oxygen atoms in total. The number of nitrogens with one attached hydrogen (secondary N) is 1. The van der Waals surface area contributed by atoms with E-state index in [2.05, 4.69) is 5.32 Å². The summed E-state index contributed by atoms with van der Waals surface area (Å²) in [4.78, 5) is 12.0. The first kappa shape index (κ1) is 17.6. The number of para-hydroxylation sites is 1. The number of anilines is 1. The monoisotopic (exact) mass is 373 g/mol. The molecule has 23 heavy (non-hydrogen) atoms. The zero-order chi connectivity index (χ0) is 17.0. The van der Waals surface area contributed by atoms with Crippen LogP contribution in [0.4, 0.5) is 5.69 Å². The number of carbonyl (C=O) groups is 1. The van der Waals surface area contributed by atoms with Crippen LogP contribution in [-0.4, -0.2) is 27.2 Å². The molecular weight excluding hydrogens is 361 g/mol. The fourth-order valence-corrected chi connectivity index (χ4v) is 2.85. The lowest BCUT2D eigenvalue weighted by molar-refractivity contribution is -0.118. The number of amides is 1. The van der Waals surface area contributed by atoms with Crippen molar-refractivity contribution in [3.8, 4) is 5.75 Å². The van der Waals surface area contributed by atoms with Crippen molar-refractivity contribution < 1.29 is 17.9 Å². The van der Waals surface area contributed by atoms with Crippen LogP contribution < -0.4 is 10.1 Å². The van der Waals surface area contributed by atoms with Crippen molar-refractivity contribution in [1.29, 1.82) is 0 Å². The van der Waals surface area contributed by atoms with Crippen molar-refractivity contribution in [3.05, 3.63) is 52.5 Å². The second-order valence-corrected chi connectivity index (χ2v) is 7.51. The molecule has 8 heteroatoms. The molecule has 2 aromatic rings. The van der Waals surface area contributed by atoms with Gasteiger partial charge < -0.3 is 10.1 Å². The molecule has 2 aromatic carbocycles. The summed E-state index contributed by atoms with van der Waals surface area (Å²) in [5, 5.41) is 3.21. The van der Waals surface area contributed by atoms with Crippen LogP contribution in [0.2, 0.25) is 10.0 Å². The molecule has 0 atom stereocenters. The predicted octanol–water partition coefficient (Wildman–Crippen LogP) is 3.41. The molecular formula is C15H13Cl2NO4S. The van der Waals surface area contributed by atoms with Gasteiger partial charge in [-0.2, -0.15) is 0 Å². The molecule has 1 N–H and O–H groups in total. The number of hydrogen-bond donors (Lipinski definition) is 1. The zero-order valence-corrected chi connectivity index (χ0v) is 14.4. The SMILES string of the molecule is CS(=O)(=O)c1ccc(OCC(=O)Nc2c(Cl)cccc2Cl)cc1. The molecule has 0 saturated heterocycles. The molecule has 122 valence electrons. The van der Waals surface area contributed by atoms with E-state index < -0.39 is 15.7 Å². The Balaban J connectivity index is 1.97. The van der Waals surface area contributed by atoms with Gasteiger partial charge in [-0.1, -0.05) is 29.3 Å². The Hall–Kier alpha value is -1.76. The predicted molar refractivity (Wildman–Crippen MR) is 90.1 cm³/mol. The number of benzene rings is 2. The molecule has 0 spiro atoms. The Morgan fingerprint density at radius 1 is 1.09 bits per heavy atom. The highest BCUT2D eigenvalue weighted by Gasteiger charge is 2.11. The lowest BCUT2D eigenvalue weighted by Crippen LogP contribution is -2.20. The van der Waals surface area contributed by atoms with Crippen molar-refractivity contribution >= 4 is 44.6 Å². The molecule has 1 amide bonds. The maximum atomic E-state index is 11.9. The molecule has 0 saturated carbocycles. The van der Waals surface area contributed by atoms with E-state index in [0.29, 0.717) is 21.5 Å². The van der Waals surface area contributed by atoms with Crippen LogP contribution >= 0.6 is 23.2 Å². The average molecular weight is 374 g/mol. The van der Waals surface area contributed by atoms with Gasteiger partial charge in [0.15, 0.2) is 16.4 Å². The van der Waals surface area contributed by atoms with E-state index in [1.807, 2.05) is 0 Å². The number of hydrogen-bond acceptors (Lipinski definition) is 4. The molecule has 0 aromatic heterocycles. The smallest absolute Gasteiger partial charge is 0.262 e. The number of ether oxygens (including phenoxy) is 1. The fourth-order valence-electron chi connectivity index (χ4n) is 1.72. The highest BCUT2D eigenvalue weighted by molar-refractivity contribution is 7.90. The van der Waals surface area contributed by atoms with Crippen LogP contribution in [0, 0.1) is 0 Å². The standard InChI is InChI=1S/C15H13Cl2NO4S/c1-23(20,21)11-7-5-10(6-8-11)22-9-14(19)18-15-12(16)3-2-4-13(15)17/h2-8H,9H2,1H3,(H,18,19). The molecule has 0 fully saturated rings. The first-order chi connectivity index (χ1) is 10.8. The number of sulfone groups is 1. The summed E-state index contributed by atoms with van der Waals surface area (Å²) in [6, 6.07) is 10.7. The van der Waals surface area contributed by atoms with Crippen LogP contribution in [0.5, 0.6) is 5.75 Å². The van der Waals surface area contributed by atoms with Gasteiger partial charge in [-0.3, -0.25) is 4.79 Å². The largest absolute Gasteiger partial charge is 0.484 e. The Morgan fingerprint density at radius 2 is 1.65 bits per heavy atom. The first-order valence-corrected chi connectivity index (χ1v) is 9.09. The quantitative estimate of drug-likeness (QED) is 0.871. The van der Waals surface area contributed by atoms with E-state index in [0.717, 1.165) is 6.26 Å². The van der Waals surface area contributed by atoms with E-state index in [1.54, 1.807) is 18.2 Å². The third kappa shape index (κ3) is 4.86. The van der Waals surface area contributed by atoms with Gasteiger partial charge in [0.25, 0.3) is 5.91 Å². The molecule has 0 bridgehead atoms. The third-order valence-electron chi connectivity index (χ3n) is 2.85. The Morgan fingerprint density at radius 3 is 2.17 bits per heavy atom. The third-order valence-corrected chi connectivity index (χ3v) is 4.61. The van der Waals surface area contributed by atoms with Gasteiger partial charge >= 0.3 is 0 Å². The van der Waals surface area contributed by atoms with Gasteiger partial charge in [0, 0.05) is 6.26 Å². The number of rotatable bonds is 5. The second-order valence-electron chi connectivity index (χ2n) is 4.68. The van der Waals surface area contributed by atoms with Crippen molar-refractivity contribution in [2.24, 2.45) is 0 Å². The highest BCUT2D eigenvalue weighted by atomic mass is 35.5. The normalized spacial score (nSPS) is 11.1. The maximum absolute atomic E-state index is 11.9. The minimum absolute atomic E-state index is 0.178. The van der Waals surface area contributed by atoms with E-state index >= 15 is 0 Å². The van der Waals surface area contributed by atoms with E-state index in [-0.39, 0.29) is 11.5 Å². The van der Waals surface area contributed by atoms with Crippen molar-refractivity contribution in [1.82, 2.24) is 0 Å². The Kier molecular flexibility index (Phi) is 5.51. The maximum Gasteiger partial charge on any atom is 0.262 e. The van der Waals surface area contributed by atoms with Gasteiger partial charge in [0.2, 0.25) is 0 Å². The van der Waals surface area contributed by atoms with Crippen LogP contribution in [0.1, 0.15) is 0 Å². The van der Waals surface area contributed by atoms with E-state index in [4.69, 9.17) is 27.9 Å². The van der Waals surface area contributed by atoms with Gasteiger partial charge in [0.05, 0.1) is 20.6 Å². The summed E-state index contributed by atoms with van der Waals surface area (Å²) in [5.74, 6) is -0.0648. The van der Waals surface area contributed by atoms with Gasteiger partial charge in [-0.15, -0.1) is 0 Å². The molecule has 0 aliphatic heterocycles. The number of halogens is 2. The molecule has 0 radical (unpaired) electrons. The summed E-state index contributed by atoms with van der Waals surface area (Å²) in [7, 11) is -3.27. The van der Waals surface area contributed by atoms with Crippen molar-refractivity contribution in [3.63, 3.8) is 0 Å². The summed E-state index contributed by atoms with van der Waals surface area (Å²) in [6.07, 6.45) is 1.11. The summed E-state index contributed by atoms with van der Waals surface area (Å²) < 4.78 is 28.0. The summed E-state index contributed by atoms with van der Waals surface area (Å²) >= 11 is 11.9. The van der Waals surface area contributed by atoms with Crippen LogP contribution in [-0.2, 0) is 14.6 Å². The van der Waals surface area contributed by atoms with E-state index in [9.17, 15) is 13.2 Å². The molecule has 2 rings (SSSR count). The minimum atomic E-state index is -3.27. The zero-order valence-electron chi connectivity index (χ0n) is 12.0. The minimum Gasteiger partial charge on any atom is -0.484 e. The van der Waals surface area contributed by atoms with Crippen LogP contribution in [0.15, 0.2) is 47.4 Å². The fraction of sp³-hybridized carbons (Fsp3) is 0.133. The summed E-state index contributed by atoms with van der Waals surface area (Å²) in [5.41, 5.74) is 0.317. The lowest BCUT2D eigenvalue weighted by atomic mass is 10.3. The lowest BCUT2D eigenvalue weighted by Gasteiger charge is -2.10. The van der Waals surface area contributed by atoms with Crippen molar-refractivity contribution in [2.75, 3.05) is 18.2 Å². The van der Waals surface area contributed by atoms with Gasteiger partial charge in [0.1, 0.15) is 5.75 Å². The second kappa shape index (κ2) is 7.21. The first-order valence-electron chi connectivity index (χ1n) is 6.44. The molecule has 0 aliphatic rings. The Bertz CT molecular complexity index is 800. The van der Waals surface area contributed by atoms with Gasteiger partial charge in [-0.25, -0.2) is 8.42 Å². The van der Waals surface area contributed by atoms with Crippen LogP contribution in [0.25, 0.3) is 0 Å². The topological polar surface area (TPSA) is 72.5 Å². The van der Waals surface area contributed by atoms with Gasteiger partial charge in [-0.05, 0) is 36.4 Å². The Labute approximate surface area is 144 Å². The van der Waals surface area contributed by atoms with Crippen LogP contribution in [0.3, 0.4) is 0 Å². The van der Waals surface area contributed by atoms with Crippen molar-refractivity contribution in [2.45, 2.75) is 4.90 Å².